The van der Waals surface area contributed by atoms with E-state index in [0.717, 1.165) is 22.0 Å². The highest BCUT2D eigenvalue weighted by Crippen LogP contribution is 2.23. The summed E-state index contributed by atoms with van der Waals surface area (Å²) < 4.78 is 0. The van der Waals surface area contributed by atoms with Gasteiger partial charge in [0.25, 0.3) is 5.91 Å². The lowest BCUT2D eigenvalue weighted by Crippen LogP contribution is -2.29. The first-order chi connectivity index (χ1) is 12.3. The predicted octanol–water partition coefficient (Wildman–Crippen LogP) is 3.48. The van der Waals surface area contributed by atoms with Gasteiger partial charge in [-0.05, 0) is 35.4 Å². The molecule has 0 fully saturated rings. The lowest BCUT2D eigenvalue weighted by molar-refractivity contribution is 0.0944. The zero-order chi connectivity index (χ0) is 17.1. The van der Waals surface area contributed by atoms with E-state index in [9.17, 15) is 4.79 Å². The second kappa shape index (κ2) is 6.57. The Morgan fingerprint density at radius 3 is 2.48 bits per heavy atom. The van der Waals surface area contributed by atoms with Gasteiger partial charge in [-0.1, -0.05) is 36.4 Å². The lowest BCUT2D eigenvalue weighted by atomic mass is 9.99. The van der Waals surface area contributed by atoms with Gasteiger partial charge in [-0.3, -0.25) is 14.9 Å². The molecule has 0 saturated carbocycles. The van der Waals surface area contributed by atoms with Crippen LogP contribution in [0.15, 0.2) is 79.3 Å². The molecule has 0 radical (unpaired) electrons. The van der Waals surface area contributed by atoms with Gasteiger partial charge >= 0.3 is 0 Å². The number of aromatic amines is 1. The van der Waals surface area contributed by atoms with Crippen molar-refractivity contribution in [2.75, 3.05) is 0 Å². The van der Waals surface area contributed by atoms with Crippen molar-refractivity contribution >= 4 is 16.8 Å². The third-order valence-corrected chi connectivity index (χ3v) is 4.18. The van der Waals surface area contributed by atoms with Gasteiger partial charge in [0.15, 0.2) is 0 Å². The first-order valence-corrected chi connectivity index (χ1v) is 8.01. The van der Waals surface area contributed by atoms with Gasteiger partial charge in [0, 0.05) is 17.8 Å². The lowest BCUT2D eigenvalue weighted by Gasteiger charge is -2.20. The Bertz CT molecular complexity index is 956. The fourth-order valence-electron chi connectivity index (χ4n) is 2.94. The fourth-order valence-corrected chi connectivity index (χ4v) is 2.94. The second-order valence-electron chi connectivity index (χ2n) is 5.73. The highest BCUT2D eigenvalue weighted by atomic mass is 16.1. The molecule has 25 heavy (non-hydrogen) atoms. The molecular weight excluding hydrogens is 312 g/mol. The molecule has 2 N–H and O–H groups in total. The largest absolute Gasteiger partial charge is 0.341 e. The molecule has 5 heteroatoms. The molecule has 0 unspecified atom stereocenters. The molecule has 0 saturated heterocycles. The summed E-state index contributed by atoms with van der Waals surface area (Å²) in [6, 6.07) is 19.0. The summed E-state index contributed by atoms with van der Waals surface area (Å²) in [5.41, 5.74) is 3.43. The van der Waals surface area contributed by atoms with Gasteiger partial charge in [-0.25, -0.2) is 0 Å². The molecule has 1 amide bonds. The third-order valence-electron chi connectivity index (χ3n) is 4.18. The fraction of sp³-hybridized carbons (Fsp3) is 0.0500. The van der Waals surface area contributed by atoms with Crippen LogP contribution in [0, 0.1) is 0 Å². The summed E-state index contributed by atoms with van der Waals surface area (Å²) in [4.78, 5) is 17.0. The molecule has 0 bridgehead atoms. The van der Waals surface area contributed by atoms with Crippen LogP contribution in [0.1, 0.15) is 27.5 Å². The monoisotopic (exact) mass is 328 g/mol. The van der Waals surface area contributed by atoms with Gasteiger partial charge < -0.3 is 5.32 Å². The first kappa shape index (κ1) is 15.1. The molecule has 2 aromatic carbocycles. The molecule has 5 nitrogen and oxygen atoms in total. The Morgan fingerprint density at radius 1 is 0.920 bits per heavy atom. The van der Waals surface area contributed by atoms with Crippen LogP contribution in [0.25, 0.3) is 10.9 Å². The van der Waals surface area contributed by atoms with Crippen LogP contribution in [-0.4, -0.2) is 21.1 Å². The Hall–Kier alpha value is -3.47. The average molecular weight is 328 g/mol. The van der Waals surface area contributed by atoms with E-state index in [4.69, 9.17) is 0 Å². The number of fused-ring (bicyclic) bond motifs is 1. The number of hydrogen-bond acceptors (Lipinski definition) is 3. The number of carbonyl (C=O) groups is 1. The van der Waals surface area contributed by atoms with Crippen LogP contribution >= 0.6 is 0 Å². The van der Waals surface area contributed by atoms with Crippen molar-refractivity contribution in [3.8, 4) is 0 Å². The summed E-state index contributed by atoms with van der Waals surface area (Å²) in [5, 5.41) is 10.9. The third kappa shape index (κ3) is 2.99. The number of hydrogen-bond donors (Lipinski definition) is 2. The minimum Gasteiger partial charge on any atom is -0.341 e. The molecule has 0 aliphatic rings. The maximum atomic E-state index is 12.9. The minimum atomic E-state index is -0.251. The minimum absolute atomic E-state index is 0.141. The van der Waals surface area contributed by atoms with E-state index in [-0.39, 0.29) is 11.9 Å². The summed E-state index contributed by atoms with van der Waals surface area (Å²) >= 11 is 0. The number of benzene rings is 2. The molecule has 2 aromatic heterocycles. The number of rotatable bonds is 4. The smallest absolute Gasteiger partial charge is 0.252 e. The molecule has 0 spiro atoms. The molecule has 4 aromatic rings. The zero-order valence-corrected chi connectivity index (χ0v) is 13.4. The van der Waals surface area contributed by atoms with Gasteiger partial charge in [0.2, 0.25) is 0 Å². The summed E-state index contributed by atoms with van der Waals surface area (Å²) in [6.07, 6.45) is 5.14. The van der Waals surface area contributed by atoms with E-state index in [2.05, 4.69) is 20.5 Å². The Balaban J connectivity index is 1.72. The van der Waals surface area contributed by atoms with Gasteiger partial charge in [0.1, 0.15) is 0 Å². The maximum Gasteiger partial charge on any atom is 0.252 e. The number of pyridine rings is 1. The van der Waals surface area contributed by atoms with Crippen LogP contribution in [0.5, 0.6) is 0 Å². The van der Waals surface area contributed by atoms with E-state index < -0.39 is 0 Å². The SMILES string of the molecule is O=C(N[C@H](c1ccccc1)c1ccncc1)c1cccc2[nH]ncc12. The van der Waals surface area contributed by atoms with Crippen LogP contribution in [0.2, 0.25) is 0 Å². The standard InChI is InChI=1S/C20H16N4O/c25-20(16-7-4-8-18-17(16)13-22-24-18)23-19(14-5-2-1-3-6-14)15-9-11-21-12-10-15/h1-13,19H,(H,22,24)(H,23,25)/t19-/m1/s1. The Morgan fingerprint density at radius 2 is 1.68 bits per heavy atom. The van der Waals surface area contributed by atoms with Crippen LogP contribution in [0.3, 0.4) is 0 Å². The van der Waals surface area contributed by atoms with Crippen molar-refractivity contribution in [2.45, 2.75) is 6.04 Å². The number of carbonyl (C=O) groups excluding carboxylic acids is 1. The van der Waals surface area contributed by atoms with Crippen LogP contribution in [0.4, 0.5) is 0 Å². The molecule has 0 aliphatic carbocycles. The number of nitrogens with zero attached hydrogens (tertiary/aromatic N) is 2. The Kier molecular flexibility index (Phi) is 3.96. The van der Waals surface area contributed by atoms with Gasteiger partial charge in [-0.2, -0.15) is 5.10 Å². The highest BCUT2D eigenvalue weighted by Gasteiger charge is 2.19. The van der Waals surface area contributed by atoms with Crippen LogP contribution < -0.4 is 5.32 Å². The molecule has 0 aliphatic heterocycles. The molecule has 4 rings (SSSR count). The molecule has 122 valence electrons. The number of aromatic nitrogens is 3. The van der Waals surface area contributed by atoms with E-state index >= 15 is 0 Å². The number of H-pyrrole nitrogens is 1. The molecule has 2 heterocycles. The van der Waals surface area contributed by atoms with E-state index in [1.54, 1.807) is 18.6 Å². The molecular formula is C20H16N4O. The average Bonchev–Trinajstić information content (AvgIpc) is 3.16. The van der Waals surface area contributed by atoms with Crippen molar-refractivity contribution in [3.05, 3.63) is 95.9 Å². The summed E-state index contributed by atoms with van der Waals surface area (Å²) in [7, 11) is 0. The maximum absolute atomic E-state index is 12.9. The topological polar surface area (TPSA) is 70.7 Å². The summed E-state index contributed by atoms with van der Waals surface area (Å²) in [5.74, 6) is -0.141. The van der Waals surface area contributed by atoms with Crippen molar-refractivity contribution < 1.29 is 4.79 Å². The quantitative estimate of drug-likeness (QED) is 0.602. The van der Waals surface area contributed by atoms with E-state index in [1.165, 1.54) is 0 Å². The van der Waals surface area contributed by atoms with Crippen LogP contribution in [-0.2, 0) is 0 Å². The highest BCUT2D eigenvalue weighted by molar-refractivity contribution is 6.06. The predicted molar refractivity (Wildman–Crippen MR) is 96.1 cm³/mol. The van der Waals surface area contributed by atoms with Crippen molar-refractivity contribution in [2.24, 2.45) is 0 Å². The van der Waals surface area contributed by atoms with Crippen molar-refractivity contribution in [3.63, 3.8) is 0 Å². The molecule has 1 atom stereocenters. The first-order valence-electron chi connectivity index (χ1n) is 8.01. The van der Waals surface area contributed by atoms with Crippen molar-refractivity contribution in [1.29, 1.82) is 0 Å². The number of amides is 1. The second-order valence-corrected chi connectivity index (χ2v) is 5.73. The normalized spacial score (nSPS) is 12.0. The van der Waals surface area contributed by atoms with Gasteiger partial charge in [-0.15, -0.1) is 0 Å². The van der Waals surface area contributed by atoms with E-state index in [1.807, 2.05) is 60.7 Å². The van der Waals surface area contributed by atoms with Gasteiger partial charge in [0.05, 0.1) is 23.3 Å². The van der Waals surface area contributed by atoms with E-state index in [0.29, 0.717) is 5.56 Å². The number of nitrogens with one attached hydrogen (secondary N) is 2. The zero-order valence-electron chi connectivity index (χ0n) is 13.4. The van der Waals surface area contributed by atoms with Crippen molar-refractivity contribution in [1.82, 2.24) is 20.5 Å². The Labute approximate surface area is 144 Å². The summed E-state index contributed by atoms with van der Waals surface area (Å²) in [6.45, 7) is 0.